The molecule has 0 aliphatic heterocycles. The largest absolute Gasteiger partial charge is 0.435 e. The monoisotopic (exact) mass is 198 g/mol. The van der Waals surface area contributed by atoms with Crippen LogP contribution >= 0.6 is 0 Å². The minimum Gasteiger partial charge on any atom is -0.435 e. The van der Waals surface area contributed by atoms with Gasteiger partial charge < -0.3 is 9.47 Å². The number of rotatable bonds is 5. The smallest absolute Gasteiger partial charge is 0.336 e. The van der Waals surface area contributed by atoms with Gasteiger partial charge in [-0.2, -0.15) is 0 Å². The molecule has 14 heavy (non-hydrogen) atoms. The minimum atomic E-state index is -0.415. The van der Waals surface area contributed by atoms with Crippen LogP contribution in [0.5, 0.6) is 0 Å². The van der Waals surface area contributed by atoms with Crippen LogP contribution in [-0.2, 0) is 14.3 Å². The second-order valence-corrected chi connectivity index (χ2v) is 3.94. The highest BCUT2D eigenvalue weighted by atomic mass is 16.7. The first-order valence-corrected chi connectivity index (χ1v) is 4.44. The lowest BCUT2D eigenvalue weighted by Gasteiger charge is -2.19. The fourth-order valence-electron chi connectivity index (χ4n) is 0.620. The van der Waals surface area contributed by atoms with Crippen molar-refractivity contribution in [1.82, 2.24) is 0 Å². The maximum Gasteiger partial charge on any atom is 0.336 e. The van der Waals surface area contributed by atoms with Crippen LogP contribution in [0, 0.1) is 5.41 Å². The molecule has 80 valence electrons. The molecule has 0 unspecified atom stereocenters. The van der Waals surface area contributed by atoms with Gasteiger partial charge in [0.15, 0.2) is 6.79 Å². The number of carbonyl (C=O) groups is 1. The molecule has 0 aromatic heterocycles. The van der Waals surface area contributed by atoms with E-state index in [1.54, 1.807) is 6.08 Å². The lowest BCUT2D eigenvalue weighted by atomic mass is 9.88. The van der Waals surface area contributed by atoms with Crippen molar-refractivity contribution in [2.75, 3.05) is 13.4 Å². The third kappa shape index (κ3) is 4.82. The number of esters is 1. The first kappa shape index (κ1) is 12.9. The summed E-state index contributed by atoms with van der Waals surface area (Å²) in [5.74, 6) is -0.415. The van der Waals surface area contributed by atoms with E-state index in [0.717, 1.165) is 0 Å². The molecule has 0 spiro atoms. The van der Waals surface area contributed by atoms with E-state index in [2.05, 4.69) is 13.2 Å². The van der Waals surface area contributed by atoms with Crippen LogP contribution in [0.15, 0.2) is 24.8 Å². The third-order valence-corrected chi connectivity index (χ3v) is 1.66. The van der Waals surface area contributed by atoms with Gasteiger partial charge in [-0.05, 0) is 5.41 Å². The van der Waals surface area contributed by atoms with Crippen molar-refractivity contribution in [2.45, 2.75) is 20.8 Å². The van der Waals surface area contributed by atoms with Gasteiger partial charge in [0.05, 0.1) is 6.61 Å². The molecule has 0 rings (SSSR count). The Kier molecular flexibility index (Phi) is 5.16. The van der Waals surface area contributed by atoms with Gasteiger partial charge in [0.1, 0.15) is 0 Å². The zero-order valence-electron chi connectivity index (χ0n) is 9.13. The minimum absolute atomic E-state index is 0.0556. The molecule has 0 aromatic rings. The molecule has 3 nitrogen and oxygen atoms in total. The Labute approximate surface area is 85.4 Å². The van der Waals surface area contributed by atoms with Gasteiger partial charge in [-0.15, -0.1) is 6.58 Å². The highest BCUT2D eigenvalue weighted by molar-refractivity contribution is 5.88. The second-order valence-electron chi connectivity index (χ2n) is 3.94. The van der Waals surface area contributed by atoms with E-state index in [1.165, 1.54) is 0 Å². The highest BCUT2D eigenvalue weighted by Crippen LogP contribution is 2.24. The van der Waals surface area contributed by atoms with Crippen molar-refractivity contribution in [1.29, 1.82) is 0 Å². The summed E-state index contributed by atoms with van der Waals surface area (Å²) in [6.07, 6.45) is 1.59. The van der Waals surface area contributed by atoms with Crippen LogP contribution < -0.4 is 0 Å². The molecule has 0 radical (unpaired) electrons. The molecule has 0 amide bonds. The summed E-state index contributed by atoms with van der Waals surface area (Å²) in [6, 6.07) is 0. The first-order valence-electron chi connectivity index (χ1n) is 4.44. The predicted molar refractivity (Wildman–Crippen MR) is 55.7 cm³/mol. The topological polar surface area (TPSA) is 35.5 Å². The molecule has 3 heteroatoms. The number of ether oxygens (including phenoxy) is 2. The van der Waals surface area contributed by atoms with Crippen LogP contribution in [0.1, 0.15) is 20.8 Å². The van der Waals surface area contributed by atoms with Gasteiger partial charge in [-0.1, -0.05) is 33.4 Å². The summed E-state index contributed by atoms with van der Waals surface area (Å²) in [6.45, 7) is 13.2. The maximum absolute atomic E-state index is 11.3. The number of hydrogen-bond acceptors (Lipinski definition) is 3. The standard InChI is InChI=1S/C11H18O3/c1-6-7-13-8-14-10(12)9(2)11(3,4)5/h6H,1-2,7-8H2,3-5H3. The zero-order valence-corrected chi connectivity index (χ0v) is 9.13. The van der Waals surface area contributed by atoms with E-state index in [9.17, 15) is 4.79 Å². The molecule has 0 aromatic carbocycles. The SMILES string of the molecule is C=CCOCOC(=O)C(=C)C(C)(C)C. The highest BCUT2D eigenvalue weighted by Gasteiger charge is 2.22. The average Bonchev–Trinajstić information content (AvgIpc) is 2.09. The summed E-state index contributed by atoms with van der Waals surface area (Å²) < 4.78 is 9.74. The quantitative estimate of drug-likeness (QED) is 0.223. The molecular formula is C11H18O3. The average molecular weight is 198 g/mol. The van der Waals surface area contributed by atoms with E-state index < -0.39 is 5.97 Å². The summed E-state index contributed by atoms with van der Waals surface area (Å²) in [5.41, 5.74) is 0.176. The zero-order chi connectivity index (χ0) is 11.2. The van der Waals surface area contributed by atoms with Crippen molar-refractivity contribution in [3.8, 4) is 0 Å². The summed E-state index contributed by atoms with van der Waals surface area (Å²) in [4.78, 5) is 11.3. The van der Waals surface area contributed by atoms with Crippen molar-refractivity contribution < 1.29 is 14.3 Å². The Morgan fingerprint density at radius 2 is 2.00 bits per heavy atom. The Balaban J connectivity index is 3.86. The third-order valence-electron chi connectivity index (χ3n) is 1.66. The second kappa shape index (κ2) is 5.60. The van der Waals surface area contributed by atoms with Gasteiger partial charge >= 0.3 is 5.97 Å². The van der Waals surface area contributed by atoms with Crippen molar-refractivity contribution in [3.05, 3.63) is 24.8 Å². The molecule has 0 saturated carbocycles. The molecule has 0 heterocycles. The molecule has 0 bridgehead atoms. The van der Waals surface area contributed by atoms with Crippen LogP contribution in [0.3, 0.4) is 0 Å². The lowest BCUT2D eigenvalue weighted by Crippen LogP contribution is -2.20. The van der Waals surface area contributed by atoms with Crippen LogP contribution in [0.25, 0.3) is 0 Å². The Morgan fingerprint density at radius 3 is 2.43 bits per heavy atom. The molecule has 0 saturated heterocycles. The molecule has 0 atom stereocenters. The molecule has 0 aliphatic carbocycles. The van der Waals surface area contributed by atoms with Gasteiger partial charge in [0.25, 0.3) is 0 Å². The van der Waals surface area contributed by atoms with Crippen LogP contribution in [-0.4, -0.2) is 19.4 Å². The summed E-state index contributed by atoms with van der Waals surface area (Å²) >= 11 is 0. The van der Waals surface area contributed by atoms with Gasteiger partial charge in [0, 0.05) is 5.57 Å². The Hall–Kier alpha value is -1.09. The van der Waals surface area contributed by atoms with Gasteiger partial charge in [0.2, 0.25) is 0 Å². The van der Waals surface area contributed by atoms with E-state index in [4.69, 9.17) is 9.47 Å². The molecule has 0 fully saturated rings. The number of carbonyl (C=O) groups excluding carboxylic acids is 1. The molecular weight excluding hydrogens is 180 g/mol. The maximum atomic E-state index is 11.3. The Morgan fingerprint density at radius 1 is 1.43 bits per heavy atom. The van der Waals surface area contributed by atoms with Crippen molar-refractivity contribution in [3.63, 3.8) is 0 Å². The van der Waals surface area contributed by atoms with E-state index in [-0.39, 0.29) is 12.2 Å². The van der Waals surface area contributed by atoms with Gasteiger partial charge in [-0.25, -0.2) is 4.79 Å². The van der Waals surface area contributed by atoms with Gasteiger partial charge in [-0.3, -0.25) is 0 Å². The van der Waals surface area contributed by atoms with Crippen molar-refractivity contribution in [2.24, 2.45) is 5.41 Å². The fraction of sp³-hybridized carbons (Fsp3) is 0.545. The molecule has 0 N–H and O–H groups in total. The summed E-state index contributed by atoms with van der Waals surface area (Å²) in [7, 11) is 0. The predicted octanol–water partition coefficient (Wildman–Crippen LogP) is 2.29. The van der Waals surface area contributed by atoms with Crippen LogP contribution in [0.2, 0.25) is 0 Å². The van der Waals surface area contributed by atoms with Crippen LogP contribution in [0.4, 0.5) is 0 Å². The normalized spacial score (nSPS) is 10.8. The lowest BCUT2D eigenvalue weighted by molar-refractivity contribution is -0.151. The van der Waals surface area contributed by atoms with Crippen molar-refractivity contribution >= 4 is 5.97 Å². The van der Waals surface area contributed by atoms with E-state index in [0.29, 0.717) is 12.2 Å². The number of hydrogen-bond donors (Lipinski definition) is 0. The Bertz CT molecular complexity index is 223. The first-order chi connectivity index (χ1) is 6.39. The van der Waals surface area contributed by atoms with E-state index >= 15 is 0 Å². The summed E-state index contributed by atoms with van der Waals surface area (Å²) in [5, 5.41) is 0. The fourth-order valence-corrected chi connectivity index (χ4v) is 0.620. The molecule has 0 aliphatic rings. The van der Waals surface area contributed by atoms with E-state index in [1.807, 2.05) is 20.8 Å².